The van der Waals surface area contributed by atoms with Crippen molar-refractivity contribution in [3.63, 3.8) is 0 Å². The maximum absolute atomic E-state index is 11.1. The van der Waals surface area contributed by atoms with Crippen LogP contribution in [0, 0.1) is 34.5 Å². The molecule has 0 bridgehead atoms. The molecular formula is C43H58O3Si. The van der Waals surface area contributed by atoms with Gasteiger partial charge in [0.1, 0.15) is 0 Å². The zero-order valence-electron chi connectivity index (χ0n) is 29.5. The van der Waals surface area contributed by atoms with Crippen LogP contribution in [0.15, 0.2) is 97.1 Å². The van der Waals surface area contributed by atoms with Crippen LogP contribution in [0.3, 0.4) is 0 Å². The van der Waals surface area contributed by atoms with E-state index in [1.807, 2.05) is 0 Å². The molecule has 0 aromatic heterocycles. The maximum Gasteiger partial charge on any atom is 0.207 e. The molecule has 0 saturated heterocycles. The molecule has 3 aromatic carbocycles. The number of aliphatic hydroxyl groups is 2. The molecule has 2 N–H and O–H groups in total. The van der Waals surface area contributed by atoms with Gasteiger partial charge in [-0.05, 0) is 112 Å². The molecule has 2 saturated carbocycles. The second-order valence-electron chi connectivity index (χ2n) is 16.7. The summed E-state index contributed by atoms with van der Waals surface area (Å²) in [6, 6.07) is 34.8. The van der Waals surface area contributed by atoms with Crippen LogP contribution in [-0.2, 0) is 16.5 Å². The number of hydrogen-bond donors (Lipinski definition) is 2. The Balaban J connectivity index is 1.25. The van der Waals surface area contributed by atoms with Gasteiger partial charge >= 0.3 is 0 Å². The first-order valence-electron chi connectivity index (χ1n) is 18.3. The molecule has 0 amide bonds. The molecule has 47 heavy (non-hydrogen) atoms. The van der Waals surface area contributed by atoms with Crippen LogP contribution in [0.1, 0.15) is 89.8 Å². The highest BCUT2D eigenvalue weighted by atomic mass is 28.4. The standard InChI is InChI=1S/C43H58O3Si/c1-41(2,3)47(30-32-15-9-6-10-16-32,31-33-17-11-7-12-18-33)46-36-23-25-42(4,35(27-36)28-44)40-24-26-43(5)38(34-19-13-8-14-20-34)21-22-39(43)37(40)29-45/h6-21,35-37,39-40,44-45H,22-31H2,1-5H3/t35-,36+,37+,39+,40+,42+,43-/m1/s1. The van der Waals surface area contributed by atoms with Gasteiger partial charge in [-0.15, -0.1) is 0 Å². The predicted octanol–water partition coefficient (Wildman–Crippen LogP) is 9.61. The Morgan fingerprint density at radius 1 is 0.745 bits per heavy atom. The normalized spacial score (nSPS) is 31.3. The summed E-state index contributed by atoms with van der Waals surface area (Å²) in [4.78, 5) is 0. The molecule has 6 rings (SSSR count). The van der Waals surface area contributed by atoms with Gasteiger partial charge < -0.3 is 14.6 Å². The summed E-state index contributed by atoms with van der Waals surface area (Å²) >= 11 is 0. The largest absolute Gasteiger partial charge is 0.413 e. The molecule has 2 fully saturated rings. The van der Waals surface area contributed by atoms with Crippen LogP contribution in [0.2, 0.25) is 5.04 Å². The van der Waals surface area contributed by atoms with Crippen molar-refractivity contribution in [2.24, 2.45) is 34.5 Å². The average Bonchev–Trinajstić information content (AvgIpc) is 3.43. The average molecular weight is 651 g/mol. The number of allylic oxidation sites excluding steroid dienone is 2. The first-order valence-corrected chi connectivity index (χ1v) is 20.6. The highest BCUT2D eigenvalue weighted by molar-refractivity contribution is 6.75. The lowest BCUT2D eigenvalue weighted by Gasteiger charge is -2.57. The molecule has 3 aliphatic carbocycles. The highest BCUT2D eigenvalue weighted by Crippen LogP contribution is 2.64. The molecule has 0 heterocycles. The minimum atomic E-state index is -2.41. The second kappa shape index (κ2) is 13.8. The highest BCUT2D eigenvalue weighted by Gasteiger charge is 2.57. The van der Waals surface area contributed by atoms with Crippen molar-refractivity contribution in [3.05, 3.63) is 114 Å². The van der Waals surface area contributed by atoms with E-state index in [1.165, 1.54) is 22.3 Å². The van der Waals surface area contributed by atoms with Crippen molar-refractivity contribution in [2.45, 2.75) is 96.4 Å². The number of aliphatic hydroxyl groups excluding tert-OH is 2. The van der Waals surface area contributed by atoms with Gasteiger partial charge in [-0.2, -0.15) is 0 Å². The van der Waals surface area contributed by atoms with Crippen LogP contribution in [0.4, 0.5) is 0 Å². The summed E-state index contributed by atoms with van der Waals surface area (Å²) < 4.78 is 7.64. The molecule has 252 valence electrons. The molecule has 3 aromatic rings. The van der Waals surface area contributed by atoms with E-state index in [9.17, 15) is 10.2 Å². The summed E-state index contributed by atoms with van der Waals surface area (Å²) in [6.07, 6.45) is 8.84. The fourth-order valence-corrected chi connectivity index (χ4v) is 14.6. The maximum atomic E-state index is 11.1. The van der Waals surface area contributed by atoms with Crippen molar-refractivity contribution < 1.29 is 14.6 Å². The molecule has 0 aliphatic heterocycles. The monoisotopic (exact) mass is 650 g/mol. The van der Waals surface area contributed by atoms with E-state index in [1.54, 1.807) is 0 Å². The number of fused-ring (bicyclic) bond motifs is 1. The first-order chi connectivity index (χ1) is 22.5. The fourth-order valence-electron chi connectivity index (χ4n) is 10.3. The lowest BCUT2D eigenvalue weighted by molar-refractivity contribution is -0.101. The first kappa shape index (κ1) is 34.4. The quantitative estimate of drug-likeness (QED) is 0.215. The van der Waals surface area contributed by atoms with Crippen molar-refractivity contribution in [2.75, 3.05) is 13.2 Å². The Morgan fingerprint density at radius 2 is 1.32 bits per heavy atom. The third kappa shape index (κ3) is 6.60. The van der Waals surface area contributed by atoms with E-state index in [0.717, 1.165) is 50.6 Å². The number of benzene rings is 3. The van der Waals surface area contributed by atoms with Crippen LogP contribution < -0.4 is 0 Å². The van der Waals surface area contributed by atoms with Gasteiger partial charge in [-0.25, -0.2) is 0 Å². The van der Waals surface area contributed by atoms with Crippen molar-refractivity contribution in [3.8, 4) is 0 Å². The molecule has 0 spiro atoms. The van der Waals surface area contributed by atoms with Gasteiger partial charge in [0.2, 0.25) is 8.32 Å². The zero-order valence-corrected chi connectivity index (χ0v) is 30.5. The van der Waals surface area contributed by atoms with E-state index in [0.29, 0.717) is 11.8 Å². The number of hydrogen-bond acceptors (Lipinski definition) is 3. The Bertz CT molecular complexity index is 1440. The molecule has 7 atom stereocenters. The second-order valence-corrected chi connectivity index (χ2v) is 21.1. The fraction of sp³-hybridized carbons (Fsp3) is 0.535. The van der Waals surface area contributed by atoms with Crippen molar-refractivity contribution in [1.29, 1.82) is 0 Å². The van der Waals surface area contributed by atoms with E-state index in [2.05, 4.69) is 132 Å². The Hall–Kier alpha value is -2.50. The minimum absolute atomic E-state index is 0.0237. The van der Waals surface area contributed by atoms with Gasteiger partial charge in [-0.1, -0.05) is 132 Å². The van der Waals surface area contributed by atoms with E-state index < -0.39 is 8.32 Å². The lowest BCUT2D eigenvalue weighted by Crippen LogP contribution is -2.57. The van der Waals surface area contributed by atoms with Gasteiger partial charge in [0.25, 0.3) is 0 Å². The van der Waals surface area contributed by atoms with Crippen LogP contribution in [-0.4, -0.2) is 37.8 Å². The zero-order chi connectivity index (χ0) is 33.3. The van der Waals surface area contributed by atoms with Crippen LogP contribution >= 0.6 is 0 Å². The Labute approximate surface area is 285 Å². The summed E-state index contributed by atoms with van der Waals surface area (Å²) in [7, 11) is -2.41. The van der Waals surface area contributed by atoms with Crippen molar-refractivity contribution >= 4 is 13.9 Å². The molecule has 4 heteroatoms. The third-order valence-corrected chi connectivity index (χ3v) is 18.8. The Kier molecular flexibility index (Phi) is 10.1. The smallest absolute Gasteiger partial charge is 0.207 e. The van der Waals surface area contributed by atoms with Gasteiger partial charge in [-0.3, -0.25) is 0 Å². The summed E-state index contributed by atoms with van der Waals surface area (Å²) in [5.74, 6) is 1.23. The van der Waals surface area contributed by atoms with Crippen molar-refractivity contribution in [1.82, 2.24) is 0 Å². The van der Waals surface area contributed by atoms with Gasteiger partial charge in [0.05, 0.1) is 0 Å². The molecule has 0 unspecified atom stereocenters. The minimum Gasteiger partial charge on any atom is -0.413 e. The van der Waals surface area contributed by atoms with E-state index in [4.69, 9.17) is 4.43 Å². The topological polar surface area (TPSA) is 49.7 Å². The van der Waals surface area contributed by atoms with E-state index >= 15 is 0 Å². The lowest BCUT2D eigenvalue weighted by atomic mass is 9.49. The molecular weight excluding hydrogens is 593 g/mol. The Morgan fingerprint density at radius 3 is 1.85 bits per heavy atom. The summed E-state index contributed by atoms with van der Waals surface area (Å²) in [6.45, 7) is 12.5. The number of rotatable bonds is 10. The van der Waals surface area contributed by atoms with Crippen LogP contribution in [0.5, 0.6) is 0 Å². The molecule has 3 aliphatic rings. The summed E-state index contributed by atoms with van der Waals surface area (Å²) in [5, 5.41) is 22.2. The SMILES string of the molecule is CC(C)(C)[Si](Cc1ccccc1)(Cc1ccccc1)O[C@H]1CC[C@](C)([C@H]2CC[C@]3(C)C(c4ccccc4)=CC[C@H]3[C@@H]2CO)[C@@H](CO)C1. The molecule has 0 radical (unpaired) electrons. The predicted molar refractivity (Wildman–Crippen MR) is 197 cm³/mol. The van der Waals surface area contributed by atoms with E-state index in [-0.39, 0.29) is 47.0 Å². The third-order valence-electron chi connectivity index (χ3n) is 13.3. The summed E-state index contributed by atoms with van der Waals surface area (Å²) in [5.41, 5.74) is 5.59. The van der Waals surface area contributed by atoms with Gasteiger partial charge in [0.15, 0.2) is 0 Å². The molecule has 3 nitrogen and oxygen atoms in total. The van der Waals surface area contributed by atoms with Crippen LogP contribution in [0.25, 0.3) is 5.57 Å². The van der Waals surface area contributed by atoms with Gasteiger partial charge in [0, 0.05) is 19.3 Å².